The Kier molecular flexibility index (Phi) is 2.77. The molecule has 1 aromatic carbocycles. The van der Waals surface area contributed by atoms with E-state index in [0.29, 0.717) is 16.7 Å². The summed E-state index contributed by atoms with van der Waals surface area (Å²) in [5, 5.41) is 0. The first-order valence-corrected chi connectivity index (χ1v) is 4.87. The smallest absolute Gasteiger partial charge is 0.150 e. The quantitative estimate of drug-likeness (QED) is 0.721. The molecule has 0 aliphatic rings. The van der Waals surface area contributed by atoms with Crippen LogP contribution in [0.3, 0.4) is 0 Å². The van der Waals surface area contributed by atoms with Crippen LogP contribution in [0, 0.1) is 12.7 Å². The van der Waals surface area contributed by atoms with Crippen molar-refractivity contribution < 1.29 is 9.18 Å². The van der Waals surface area contributed by atoms with E-state index >= 15 is 0 Å². The van der Waals surface area contributed by atoms with Crippen LogP contribution in [0.2, 0.25) is 0 Å². The molecule has 0 bridgehead atoms. The Balaban J connectivity index is 2.59. The fraction of sp³-hybridized carbons (Fsp3) is 0.0769. The predicted molar refractivity (Wildman–Crippen MR) is 59.8 cm³/mol. The second-order valence-corrected chi connectivity index (χ2v) is 3.60. The van der Waals surface area contributed by atoms with Crippen LogP contribution in [0.25, 0.3) is 11.1 Å². The standard InChI is InChI=1S/C13H10FNO/c1-9-2-3-13(11(4-9)8-16)10-5-12(14)7-15-6-10/h2-8H,1H3. The van der Waals surface area contributed by atoms with Crippen molar-refractivity contribution in [3.05, 3.63) is 53.6 Å². The van der Waals surface area contributed by atoms with Crippen LogP contribution in [-0.2, 0) is 0 Å². The summed E-state index contributed by atoms with van der Waals surface area (Å²) >= 11 is 0. The Morgan fingerprint density at radius 3 is 2.75 bits per heavy atom. The normalized spacial score (nSPS) is 10.1. The zero-order chi connectivity index (χ0) is 11.5. The van der Waals surface area contributed by atoms with Crippen molar-refractivity contribution in [1.82, 2.24) is 4.98 Å². The Hall–Kier alpha value is -2.03. The summed E-state index contributed by atoms with van der Waals surface area (Å²) in [6.07, 6.45) is 3.45. The van der Waals surface area contributed by atoms with Crippen molar-refractivity contribution in [3.63, 3.8) is 0 Å². The molecule has 3 heteroatoms. The first kappa shape index (κ1) is 10.5. The molecule has 0 spiro atoms. The van der Waals surface area contributed by atoms with Crippen molar-refractivity contribution >= 4 is 6.29 Å². The lowest BCUT2D eigenvalue weighted by Crippen LogP contribution is -1.90. The molecular formula is C13H10FNO. The van der Waals surface area contributed by atoms with Gasteiger partial charge in [-0.1, -0.05) is 17.7 Å². The summed E-state index contributed by atoms with van der Waals surface area (Å²) in [7, 11) is 0. The van der Waals surface area contributed by atoms with Gasteiger partial charge in [0.2, 0.25) is 0 Å². The Morgan fingerprint density at radius 2 is 2.06 bits per heavy atom. The molecule has 80 valence electrons. The van der Waals surface area contributed by atoms with Crippen LogP contribution in [0.4, 0.5) is 4.39 Å². The summed E-state index contributed by atoms with van der Waals surface area (Å²) in [5.74, 6) is -0.407. The molecule has 0 amide bonds. The number of aryl methyl sites for hydroxylation is 1. The first-order valence-electron chi connectivity index (χ1n) is 4.87. The van der Waals surface area contributed by atoms with E-state index in [4.69, 9.17) is 0 Å². The van der Waals surface area contributed by atoms with Crippen LogP contribution in [0.1, 0.15) is 15.9 Å². The van der Waals surface area contributed by atoms with E-state index in [1.165, 1.54) is 6.07 Å². The Morgan fingerprint density at radius 1 is 1.25 bits per heavy atom. The van der Waals surface area contributed by atoms with Crippen LogP contribution in [-0.4, -0.2) is 11.3 Å². The van der Waals surface area contributed by atoms with Gasteiger partial charge in [-0.15, -0.1) is 0 Å². The van der Waals surface area contributed by atoms with E-state index < -0.39 is 5.82 Å². The highest BCUT2D eigenvalue weighted by Crippen LogP contribution is 2.23. The maximum absolute atomic E-state index is 13.0. The number of pyridine rings is 1. The maximum Gasteiger partial charge on any atom is 0.150 e. The number of carbonyl (C=O) groups is 1. The van der Waals surface area contributed by atoms with Gasteiger partial charge in [0.1, 0.15) is 5.82 Å². The molecule has 0 fully saturated rings. The molecule has 0 N–H and O–H groups in total. The lowest BCUT2D eigenvalue weighted by Gasteiger charge is -2.05. The van der Waals surface area contributed by atoms with Crippen molar-refractivity contribution in [2.75, 3.05) is 0 Å². The van der Waals surface area contributed by atoms with E-state index in [-0.39, 0.29) is 0 Å². The number of aromatic nitrogens is 1. The van der Waals surface area contributed by atoms with Gasteiger partial charge >= 0.3 is 0 Å². The molecule has 0 radical (unpaired) electrons. The molecule has 16 heavy (non-hydrogen) atoms. The number of carbonyl (C=O) groups excluding carboxylic acids is 1. The van der Waals surface area contributed by atoms with Gasteiger partial charge in [-0.3, -0.25) is 9.78 Å². The van der Waals surface area contributed by atoms with E-state index in [2.05, 4.69) is 4.98 Å². The third-order valence-corrected chi connectivity index (χ3v) is 2.35. The largest absolute Gasteiger partial charge is 0.298 e. The van der Waals surface area contributed by atoms with Gasteiger partial charge in [0.15, 0.2) is 6.29 Å². The number of aldehydes is 1. The van der Waals surface area contributed by atoms with Crippen molar-refractivity contribution in [2.45, 2.75) is 6.92 Å². The van der Waals surface area contributed by atoms with Gasteiger partial charge in [0.25, 0.3) is 0 Å². The minimum atomic E-state index is -0.407. The molecule has 0 saturated carbocycles. The second-order valence-electron chi connectivity index (χ2n) is 3.60. The van der Waals surface area contributed by atoms with E-state index in [9.17, 15) is 9.18 Å². The summed E-state index contributed by atoms with van der Waals surface area (Å²) in [4.78, 5) is 14.7. The average molecular weight is 215 g/mol. The molecule has 2 nitrogen and oxygen atoms in total. The summed E-state index contributed by atoms with van der Waals surface area (Å²) in [5.41, 5.74) is 2.86. The van der Waals surface area contributed by atoms with Gasteiger partial charge < -0.3 is 0 Å². The predicted octanol–water partition coefficient (Wildman–Crippen LogP) is 3.01. The van der Waals surface area contributed by atoms with E-state index in [1.54, 1.807) is 18.3 Å². The first-order chi connectivity index (χ1) is 7.70. The molecule has 1 heterocycles. The van der Waals surface area contributed by atoms with Gasteiger partial charge in [0, 0.05) is 17.3 Å². The monoisotopic (exact) mass is 215 g/mol. The summed E-state index contributed by atoms with van der Waals surface area (Å²) in [6.45, 7) is 1.90. The van der Waals surface area contributed by atoms with Gasteiger partial charge in [-0.05, 0) is 24.6 Å². The number of benzene rings is 1. The molecule has 2 rings (SSSR count). The maximum atomic E-state index is 13.0. The zero-order valence-electron chi connectivity index (χ0n) is 8.77. The highest BCUT2D eigenvalue weighted by molar-refractivity contribution is 5.87. The number of rotatable bonds is 2. The van der Waals surface area contributed by atoms with Gasteiger partial charge in [-0.2, -0.15) is 0 Å². The third-order valence-electron chi connectivity index (χ3n) is 2.35. The van der Waals surface area contributed by atoms with E-state index in [1.807, 2.05) is 13.0 Å². The van der Waals surface area contributed by atoms with Gasteiger partial charge in [-0.25, -0.2) is 4.39 Å². The SMILES string of the molecule is Cc1ccc(-c2cncc(F)c2)c(C=O)c1. The molecule has 0 aliphatic heterocycles. The zero-order valence-corrected chi connectivity index (χ0v) is 8.77. The number of hydrogen-bond donors (Lipinski definition) is 0. The topological polar surface area (TPSA) is 30.0 Å². The molecule has 0 atom stereocenters. The average Bonchev–Trinajstić information content (AvgIpc) is 2.28. The molecule has 0 saturated heterocycles. The van der Waals surface area contributed by atoms with Gasteiger partial charge in [0.05, 0.1) is 6.20 Å². The highest BCUT2D eigenvalue weighted by Gasteiger charge is 2.05. The summed E-state index contributed by atoms with van der Waals surface area (Å²) in [6, 6.07) is 6.82. The van der Waals surface area contributed by atoms with Crippen LogP contribution >= 0.6 is 0 Å². The molecule has 0 aliphatic carbocycles. The van der Waals surface area contributed by atoms with E-state index in [0.717, 1.165) is 18.0 Å². The number of nitrogens with zero attached hydrogens (tertiary/aromatic N) is 1. The molecule has 1 aromatic heterocycles. The minimum absolute atomic E-state index is 0.407. The third kappa shape index (κ3) is 1.98. The molecular weight excluding hydrogens is 205 g/mol. The summed E-state index contributed by atoms with van der Waals surface area (Å²) < 4.78 is 13.0. The highest BCUT2D eigenvalue weighted by atomic mass is 19.1. The lowest BCUT2D eigenvalue weighted by molar-refractivity contribution is 0.112. The second kappa shape index (κ2) is 4.23. The molecule has 2 aromatic rings. The van der Waals surface area contributed by atoms with Crippen molar-refractivity contribution in [3.8, 4) is 11.1 Å². The number of halogens is 1. The van der Waals surface area contributed by atoms with Crippen LogP contribution in [0.15, 0.2) is 36.7 Å². The lowest BCUT2D eigenvalue weighted by atomic mass is 10.00. The van der Waals surface area contributed by atoms with Crippen LogP contribution in [0.5, 0.6) is 0 Å². The Bertz CT molecular complexity index is 537. The van der Waals surface area contributed by atoms with Crippen molar-refractivity contribution in [1.29, 1.82) is 0 Å². The fourth-order valence-electron chi connectivity index (χ4n) is 1.60. The Labute approximate surface area is 92.8 Å². The van der Waals surface area contributed by atoms with Crippen LogP contribution < -0.4 is 0 Å². The number of hydrogen-bond acceptors (Lipinski definition) is 2. The fourth-order valence-corrected chi connectivity index (χ4v) is 1.60. The molecule has 0 unspecified atom stereocenters. The minimum Gasteiger partial charge on any atom is -0.298 e. The van der Waals surface area contributed by atoms with Crippen molar-refractivity contribution in [2.24, 2.45) is 0 Å².